The summed E-state index contributed by atoms with van der Waals surface area (Å²) in [4.78, 5) is 10.8. The molecule has 2 rings (SSSR count). The number of ether oxygens (including phenoxy) is 2. The predicted molar refractivity (Wildman–Crippen MR) is 73.8 cm³/mol. The van der Waals surface area contributed by atoms with Gasteiger partial charge in [0.25, 0.3) is 0 Å². The third-order valence-corrected chi connectivity index (χ3v) is 3.61. The maximum absolute atomic E-state index is 10.8. The van der Waals surface area contributed by atoms with Crippen molar-refractivity contribution < 1.29 is 14.3 Å². The molecule has 17 heavy (non-hydrogen) atoms. The van der Waals surface area contributed by atoms with Gasteiger partial charge in [0.2, 0.25) is 0 Å². The van der Waals surface area contributed by atoms with Gasteiger partial charge in [-0.25, -0.2) is 0 Å². The molecule has 0 saturated carbocycles. The van der Waals surface area contributed by atoms with Crippen molar-refractivity contribution in [3.63, 3.8) is 0 Å². The molecule has 1 saturated heterocycles. The second-order valence-electron chi connectivity index (χ2n) is 4.03. The first-order valence-electron chi connectivity index (χ1n) is 5.76. The van der Waals surface area contributed by atoms with Crippen molar-refractivity contribution in [2.45, 2.75) is 30.0 Å². The Labute approximate surface area is 115 Å². The van der Waals surface area contributed by atoms with Crippen molar-refractivity contribution in [3.05, 3.63) is 29.3 Å². The highest BCUT2D eigenvalue weighted by atomic mass is 127. The van der Waals surface area contributed by atoms with E-state index in [2.05, 4.69) is 22.6 Å². The first-order chi connectivity index (χ1) is 8.33. The van der Waals surface area contributed by atoms with Gasteiger partial charge >= 0.3 is 0 Å². The summed E-state index contributed by atoms with van der Waals surface area (Å²) in [6.07, 6.45) is 3.95. The maximum Gasteiger partial charge on any atom is 0.199 e. The molecule has 1 aliphatic rings. The summed E-state index contributed by atoms with van der Waals surface area (Å²) in [5, 5.41) is 0. The molecular formula is C13H15IO3. The number of halogens is 1. The van der Waals surface area contributed by atoms with Gasteiger partial charge in [-0.2, -0.15) is 0 Å². The Kier molecular flexibility index (Phi) is 4.79. The zero-order valence-corrected chi connectivity index (χ0v) is 11.7. The van der Waals surface area contributed by atoms with Crippen molar-refractivity contribution >= 4 is 28.9 Å². The van der Waals surface area contributed by atoms with Gasteiger partial charge in [-0.1, -0.05) is 22.6 Å². The van der Waals surface area contributed by atoms with Crippen LogP contribution in [0.3, 0.4) is 0 Å². The highest BCUT2D eigenvalue weighted by molar-refractivity contribution is 14.1. The van der Waals surface area contributed by atoms with Gasteiger partial charge in [0, 0.05) is 16.4 Å². The zero-order chi connectivity index (χ0) is 12.1. The Bertz CT molecular complexity index is 386. The van der Waals surface area contributed by atoms with Crippen LogP contribution in [0.2, 0.25) is 0 Å². The van der Waals surface area contributed by atoms with Gasteiger partial charge < -0.3 is 9.47 Å². The number of carbonyl (C=O) groups is 1. The van der Waals surface area contributed by atoms with E-state index >= 15 is 0 Å². The fourth-order valence-corrected chi connectivity index (χ4v) is 2.50. The van der Waals surface area contributed by atoms with Crippen LogP contribution in [-0.2, 0) is 9.16 Å². The van der Waals surface area contributed by atoms with Gasteiger partial charge in [-0.15, -0.1) is 0 Å². The fourth-order valence-electron chi connectivity index (χ4n) is 1.84. The normalized spacial score (nSPS) is 19.9. The second kappa shape index (κ2) is 6.35. The molecule has 0 aromatic heterocycles. The van der Waals surface area contributed by atoms with Crippen molar-refractivity contribution in [2.75, 3.05) is 6.61 Å². The summed E-state index contributed by atoms with van der Waals surface area (Å²) < 4.78 is 12.1. The van der Waals surface area contributed by atoms with Gasteiger partial charge in [0.15, 0.2) is 6.29 Å². The van der Waals surface area contributed by atoms with E-state index in [1.807, 2.05) is 12.1 Å². The van der Waals surface area contributed by atoms with Crippen LogP contribution >= 0.6 is 22.6 Å². The van der Waals surface area contributed by atoms with Crippen molar-refractivity contribution in [2.24, 2.45) is 0 Å². The average molecular weight is 346 g/mol. The summed E-state index contributed by atoms with van der Waals surface area (Å²) in [7, 11) is 0. The van der Waals surface area contributed by atoms with Crippen molar-refractivity contribution in [1.82, 2.24) is 0 Å². The molecule has 1 aromatic carbocycles. The van der Waals surface area contributed by atoms with E-state index in [0.29, 0.717) is 0 Å². The number of carbonyl (C=O) groups excluding carboxylic acids is 1. The molecule has 0 bridgehead atoms. The predicted octanol–water partition coefficient (Wildman–Crippen LogP) is 3.34. The minimum absolute atomic E-state index is 0.132. The van der Waals surface area contributed by atoms with E-state index in [0.717, 1.165) is 53.5 Å². The van der Waals surface area contributed by atoms with Crippen molar-refractivity contribution in [3.8, 4) is 5.75 Å². The monoisotopic (exact) mass is 346 g/mol. The van der Waals surface area contributed by atoms with Gasteiger partial charge in [0.05, 0.1) is 6.61 Å². The quantitative estimate of drug-likeness (QED) is 0.477. The first kappa shape index (κ1) is 12.8. The molecule has 92 valence electrons. The third-order valence-electron chi connectivity index (χ3n) is 2.79. The standard InChI is InChI=1S/C13H15IO3/c14-8-11-7-12(5-4-10(11)9-15)17-13-3-1-2-6-16-13/h4-5,7,9,13H,1-3,6,8H2. The lowest BCUT2D eigenvalue weighted by Crippen LogP contribution is -2.25. The van der Waals surface area contributed by atoms with Crippen LogP contribution in [0.4, 0.5) is 0 Å². The summed E-state index contributed by atoms with van der Waals surface area (Å²) in [5.74, 6) is 0.786. The zero-order valence-electron chi connectivity index (χ0n) is 9.52. The second-order valence-corrected chi connectivity index (χ2v) is 4.79. The van der Waals surface area contributed by atoms with Gasteiger partial charge in [0.1, 0.15) is 12.0 Å². The van der Waals surface area contributed by atoms with E-state index in [-0.39, 0.29) is 6.29 Å². The molecule has 0 aliphatic carbocycles. The summed E-state index contributed by atoms with van der Waals surface area (Å²) in [5.41, 5.74) is 1.74. The molecule has 1 aliphatic heterocycles. The highest BCUT2D eigenvalue weighted by Gasteiger charge is 2.15. The smallest absolute Gasteiger partial charge is 0.199 e. The minimum atomic E-state index is -0.132. The van der Waals surface area contributed by atoms with E-state index < -0.39 is 0 Å². The molecule has 1 heterocycles. The Hall–Kier alpha value is -0.620. The van der Waals surface area contributed by atoms with E-state index in [9.17, 15) is 4.79 Å². The Morgan fingerprint density at radius 3 is 3.00 bits per heavy atom. The maximum atomic E-state index is 10.8. The molecular weight excluding hydrogens is 331 g/mol. The third kappa shape index (κ3) is 3.42. The number of benzene rings is 1. The number of alkyl halides is 1. The molecule has 4 heteroatoms. The van der Waals surface area contributed by atoms with Crippen LogP contribution in [0, 0.1) is 0 Å². The summed E-state index contributed by atoms with van der Waals surface area (Å²) in [6.45, 7) is 0.774. The molecule has 1 atom stereocenters. The van der Waals surface area contributed by atoms with Crippen LogP contribution in [0.15, 0.2) is 18.2 Å². The molecule has 3 nitrogen and oxygen atoms in total. The van der Waals surface area contributed by atoms with Gasteiger partial charge in [-0.05, 0) is 36.6 Å². The molecule has 0 radical (unpaired) electrons. The SMILES string of the molecule is O=Cc1ccc(OC2CCCCO2)cc1CI. The molecule has 0 amide bonds. The number of rotatable bonds is 4. The van der Waals surface area contributed by atoms with Crippen LogP contribution < -0.4 is 4.74 Å². The average Bonchev–Trinajstić information content (AvgIpc) is 2.40. The van der Waals surface area contributed by atoms with E-state index in [1.165, 1.54) is 0 Å². The van der Waals surface area contributed by atoms with E-state index in [1.54, 1.807) is 6.07 Å². The van der Waals surface area contributed by atoms with Crippen LogP contribution in [-0.4, -0.2) is 19.2 Å². The first-order valence-corrected chi connectivity index (χ1v) is 7.28. The Balaban J connectivity index is 2.07. The highest BCUT2D eigenvalue weighted by Crippen LogP contribution is 2.23. The Morgan fingerprint density at radius 2 is 2.35 bits per heavy atom. The lowest BCUT2D eigenvalue weighted by atomic mass is 10.1. The lowest BCUT2D eigenvalue weighted by molar-refractivity contribution is -0.105. The van der Waals surface area contributed by atoms with Crippen LogP contribution in [0.1, 0.15) is 35.2 Å². The number of hydrogen-bond acceptors (Lipinski definition) is 3. The molecule has 1 unspecified atom stereocenters. The summed E-state index contributed by atoms with van der Waals surface area (Å²) in [6, 6.07) is 5.56. The van der Waals surface area contributed by atoms with Crippen molar-refractivity contribution in [1.29, 1.82) is 0 Å². The largest absolute Gasteiger partial charge is 0.465 e. The van der Waals surface area contributed by atoms with Crippen LogP contribution in [0.5, 0.6) is 5.75 Å². The minimum Gasteiger partial charge on any atom is -0.465 e. The molecule has 1 aromatic rings. The molecule has 0 N–H and O–H groups in total. The molecule has 1 fully saturated rings. The van der Waals surface area contributed by atoms with E-state index in [4.69, 9.17) is 9.47 Å². The van der Waals surface area contributed by atoms with Gasteiger partial charge in [-0.3, -0.25) is 4.79 Å². The fraction of sp³-hybridized carbons (Fsp3) is 0.462. The van der Waals surface area contributed by atoms with Crippen LogP contribution in [0.25, 0.3) is 0 Å². The lowest BCUT2D eigenvalue weighted by Gasteiger charge is -2.23. The molecule has 0 spiro atoms. The number of aldehydes is 1. The Morgan fingerprint density at radius 1 is 1.47 bits per heavy atom. The number of hydrogen-bond donors (Lipinski definition) is 0. The summed E-state index contributed by atoms with van der Waals surface area (Å²) >= 11 is 2.24. The topological polar surface area (TPSA) is 35.5 Å².